The van der Waals surface area contributed by atoms with Crippen molar-refractivity contribution in [2.24, 2.45) is 0 Å². The zero-order valence-corrected chi connectivity index (χ0v) is 15.6. The third-order valence-electron chi connectivity index (χ3n) is 4.47. The van der Waals surface area contributed by atoms with Gasteiger partial charge < -0.3 is 4.74 Å². The minimum atomic E-state index is -0.475. The summed E-state index contributed by atoms with van der Waals surface area (Å²) in [7, 11) is 1.29. The molecule has 0 aliphatic carbocycles. The van der Waals surface area contributed by atoms with Crippen LogP contribution in [0, 0.1) is 5.82 Å². The maximum Gasteiger partial charge on any atom is 0.311 e. The third kappa shape index (κ3) is 2.92. The van der Waals surface area contributed by atoms with Crippen LogP contribution in [0.2, 0.25) is 0 Å². The van der Waals surface area contributed by atoms with Crippen LogP contribution in [0.1, 0.15) is 5.69 Å². The second-order valence-corrected chi connectivity index (χ2v) is 6.35. The highest BCUT2D eigenvalue weighted by Crippen LogP contribution is 2.23. The molecule has 0 bridgehead atoms. The van der Waals surface area contributed by atoms with Crippen LogP contribution in [0.3, 0.4) is 0 Å². The van der Waals surface area contributed by atoms with Crippen LogP contribution in [0.15, 0.2) is 48.8 Å². The Morgan fingerprint density at radius 3 is 2.70 bits per heavy atom. The van der Waals surface area contributed by atoms with Gasteiger partial charge in [-0.15, -0.1) is 15.3 Å². The molecule has 148 valence electrons. The molecule has 4 aromatic heterocycles. The van der Waals surface area contributed by atoms with E-state index in [-0.39, 0.29) is 18.0 Å². The number of nitrogens with zero attached hydrogens (tertiary/aromatic N) is 8. The van der Waals surface area contributed by atoms with Crippen LogP contribution >= 0.6 is 0 Å². The number of methoxy groups -OCH3 is 1. The molecule has 0 atom stereocenters. The number of rotatable bonds is 4. The minimum absolute atomic E-state index is 0.106. The van der Waals surface area contributed by atoms with Gasteiger partial charge in [-0.1, -0.05) is 0 Å². The van der Waals surface area contributed by atoms with Gasteiger partial charge in [0.15, 0.2) is 17.0 Å². The molecule has 0 radical (unpaired) electrons. The summed E-state index contributed by atoms with van der Waals surface area (Å²) in [6.07, 6.45) is 3.19. The number of benzene rings is 1. The fourth-order valence-electron chi connectivity index (χ4n) is 3.05. The van der Waals surface area contributed by atoms with Crippen LogP contribution < -0.4 is 0 Å². The Morgan fingerprint density at radius 2 is 1.97 bits per heavy atom. The molecule has 0 N–H and O–H groups in total. The predicted molar refractivity (Wildman–Crippen MR) is 102 cm³/mol. The summed E-state index contributed by atoms with van der Waals surface area (Å²) in [5.41, 5.74) is 2.42. The van der Waals surface area contributed by atoms with Gasteiger partial charge in [0, 0.05) is 18.0 Å². The van der Waals surface area contributed by atoms with E-state index in [1.807, 2.05) is 6.07 Å². The van der Waals surface area contributed by atoms with Crippen molar-refractivity contribution in [2.75, 3.05) is 7.11 Å². The Hall–Kier alpha value is -4.28. The minimum Gasteiger partial charge on any atom is -0.469 e. The molecule has 5 rings (SSSR count). The Bertz CT molecular complexity index is 1380. The average molecular weight is 404 g/mol. The predicted octanol–water partition coefficient (Wildman–Crippen LogP) is 1.77. The van der Waals surface area contributed by atoms with E-state index in [0.29, 0.717) is 33.9 Å². The van der Waals surface area contributed by atoms with Gasteiger partial charge in [0.05, 0.1) is 19.2 Å². The van der Waals surface area contributed by atoms with Crippen molar-refractivity contribution in [3.05, 3.63) is 60.3 Å². The van der Waals surface area contributed by atoms with Gasteiger partial charge in [0.1, 0.15) is 11.5 Å². The number of pyridine rings is 1. The molecule has 4 heterocycles. The summed E-state index contributed by atoms with van der Waals surface area (Å²) in [6.45, 7) is 0. The second-order valence-electron chi connectivity index (χ2n) is 6.35. The molecule has 0 spiro atoms. The molecule has 0 saturated carbocycles. The lowest BCUT2D eigenvalue weighted by Gasteiger charge is -2.03. The molecule has 5 aromatic rings. The van der Waals surface area contributed by atoms with Gasteiger partial charge in [-0.05, 0) is 36.4 Å². The van der Waals surface area contributed by atoms with E-state index >= 15 is 0 Å². The third-order valence-corrected chi connectivity index (χ3v) is 4.47. The molecular weight excluding hydrogens is 391 g/mol. The molecule has 0 unspecified atom stereocenters. The van der Waals surface area contributed by atoms with Crippen molar-refractivity contribution < 1.29 is 13.9 Å². The van der Waals surface area contributed by atoms with Crippen molar-refractivity contribution in [3.8, 4) is 17.1 Å². The first kappa shape index (κ1) is 17.8. The average Bonchev–Trinajstić information content (AvgIpc) is 3.36. The second kappa shape index (κ2) is 6.95. The molecule has 0 fully saturated rings. The Kier molecular flexibility index (Phi) is 4.12. The number of carbonyl (C=O) groups excluding carboxylic acids is 1. The van der Waals surface area contributed by atoms with E-state index in [1.54, 1.807) is 30.6 Å². The van der Waals surface area contributed by atoms with Gasteiger partial charge >= 0.3 is 5.97 Å². The van der Waals surface area contributed by atoms with E-state index in [4.69, 9.17) is 4.74 Å². The summed E-state index contributed by atoms with van der Waals surface area (Å²) in [5, 5.41) is 17.4. The molecular formula is C19H13FN8O2. The van der Waals surface area contributed by atoms with Crippen LogP contribution in [-0.2, 0) is 16.0 Å². The number of fused-ring (bicyclic) bond motifs is 3. The molecule has 0 saturated heterocycles. The van der Waals surface area contributed by atoms with Crippen LogP contribution in [0.4, 0.5) is 4.39 Å². The lowest BCUT2D eigenvalue weighted by molar-refractivity contribution is -0.139. The van der Waals surface area contributed by atoms with Crippen molar-refractivity contribution in [1.29, 1.82) is 0 Å². The van der Waals surface area contributed by atoms with E-state index < -0.39 is 5.97 Å². The molecule has 10 nitrogen and oxygen atoms in total. The monoisotopic (exact) mass is 404 g/mol. The van der Waals surface area contributed by atoms with E-state index in [1.165, 1.54) is 28.4 Å². The number of esters is 1. The molecule has 1 aromatic carbocycles. The summed E-state index contributed by atoms with van der Waals surface area (Å²) in [5.74, 6) is -0.202. The normalized spacial score (nSPS) is 11.3. The highest BCUT2D eigenvalue weighted by Gasteiger charge is 2.22. The maximum absolute atomic E-state index is 13.4. The molecule has 0 amide bonds. The van der Waals surface area contributed by atoms with E-state index in [0.717, 1.165) is 0 Å². The smallest absolute Gasteiger partial charge is 0.311 e. The summed E-state index contributed by atoms with van der Waals surface area (Å²) in [4.78, 5) is 20.4. The lowest BCUT2D eigenvalue weighted by Crippen LogP contribution is -2.06. The number of ether oxygens (including phenoxy) is 1. The number of hydrogen-bond acceptors (Lipinski definition) is 8. The van der Waals surface area contributed by atoms with Gasteiger partial charge in [-0.2, -0.15) is 14.6 Å². The fraction of sp³-hybridized carbons (Fsp3) is 0.105. The van der Waals surface area contributed by atoms with Crippen molar-refractivity contribution in [1.82, 2.24) is 39.6 Å². The van der Waals surface area contributed by atoms with E-state index in [2.05, 4.69) is 30.4 Å². The SMILES string of the molecule is COC(=O)Cc1nn(-c2ccc(F)cc2)c2c1nnc1nc(-c3cccnc3)nn12. The lowest BCUT2D eigenvalue weighted by atomic mass is 10.3. The quantitative estimate of drug-likeness (QED) is 0.417. The number of carbonyl (C=O) groups is 1. The molecule has 11 heteroatoms. The Labute approximate surface area is 168 Å². The first-order chi connectivity index (χ1) is 14.6. The van der Waals surface area contributed by atoms with Gasteiger partial charge in [0.2, 0.25) is 0 Å². The highest BCUT2D eigenvalue weighted by molar-refractivity contribution is 5.82. The zero-order valence-electron chi connectivity index (χ0n) is 15.6. The molecule has 0 aliphatic heterocycles. The largest absolute Gasteiger partial charge is 0.469 e. The van der Waals surface area contributed by atoms with Crippen molar-refractivity contribution in [2.45, 2.75) is 6.42 Å². The Morgan fingerprint density at radius 1 is 1.13 bits per heavy atom. The number of halogens is 1. The fourth-order valence-corrected chi connectivity index (χ4v) is 3.05. The topological polar surface area (TPSA) is 113 Å². The van der Waals surface area contributed by atoms with Gasteiger partial charge in [-0.25, -0.2) is 9.07 Å². The summed E-state index contributed by atoms with van der Waals surface area (Å²) in [6, 6.07) is 9.36. The summed E-state index contributed by atoms with van der Waals surface area (Å²) < 4.78 is 21.2. The maximum atomic E-state index is 13.4. The summed E-state index contributed by atoms with van der Waals surface area (Å²) >= 11 is 0. The molecule has 0 aliphatic rings. The first-order valence-electron chi connectivity index (χ1n) is 8.88. The van der Waals surface area contributed by atoms with Gasteiger partial charge in [-0.3, -0.25) is 9.78 Å². The van der Waals surface area contributed by atoms with Crippen LogP contribution in [0.25, 0.3) is 34.0 Å². The van der Waals surface area contributed by atoms with Crippen molar-refractivity contribution in [3.63, 3.8) is 0 Å². The Balaban J connectivity index is 1.78. The first-order valence-corrected chi connectivity index (χ1v) is 8.88. The van der Waals surface area contributed by atoms with Gasteiger partial charge in [0.25, 0.3) is 5.78 Å². The van der Waals surface area contributed by atoms with Crippen LogP contribution in [0.5, 0.6) is 0 Å². The standard InChI is InChI=1S/C19H13FN8O2/c1-30-15(29)9-14-16-18(27(25-14)13-6-4-12(20)5-7-13)28-19(24-23-16)22-17(26-28)11-3-2-8-21-10-11/h2-8,10H,9H2,1H3. The van der Waals surface area contributed by atoms with Crippen LogP contribution in [-0.4, -0.2) is 52.6 Å². The zero-order chi connectivity index (χ0) is 20.7. The highest BCUT2D eigenvalue weighted by atomic mass is 19.1. The van der Waals surface area contributed by atoms with Crippen molar-refractivity contribution >= 4 is 22.9 Å². The number of aromatic nitrogens is 8. The molecule has 30 heavy (non-hydrogen) atoms. The van der Waals surface area contributed by atoms with E-state index in [9.17, 15) is 9.18 Å². The number of hydrogen-bond donors (Lipinski definition) is 0.